The molecule has 0 radical (unpaired) electrons. The molecule has 2 nitrogen and oxygen atoms in total. The van der Waals surface area contributed by atoms with E-state index in [-0.39, 0.29) is 6.10 Å². The molecule has 0 aromatic heterocycles. The standard InChI is InChI=1S/C22H31NO/c1-17(2)23(18(3)4)16-15-22(20-9-7-6-8-10-20)24-21-13-11-19(5)12-14-21/h6-14,17-18,22H,15-16H2,1-5H3. The monoisotopic (exact) mass is 325 g/mol. The molecular weight excluding hydrogens is 294 g/mol. The van der Waals surface area contributed by atoms with Crippen molar-refractivity contribution in [1.82, 2.24) is 4.90 Å². The summed E-state index contributed by atoms with van der Waals surface area (Å²) >= 11 is 0. The van der Waals surface area contributed by atoms with Crippen LogP contribution in [0, 0.1) is 6.92 Å². The van der Waals surface area contributed by atoms with E-state index >= 15 is 0 Å². The smallest absolute Gasteiger partial charge is 0.125 e. The van der Waals surface area contributed by atoms with Gasteiger partial charge in [-0.2, -0.15) is 0 Å². The highest BCUT2D eigenvalue weighted by atomic mass is 16.5. The molecule has 0 aliphatic heterocycles. The molecule has 0 aliphatic carbocycles. The lowest BCUT2D eigenvalue weighted by Crippen LogP contribution is -2.38. The Morgan fingerprint density at radius 1 is 0.833 bits per heavy atom. The molecule has 2 aromatic rings. The van der Waals surface area contributed by atoms with E-state index in [0.717, 1.165) is 18.7 Å². The molecule has 1 unspecified atom stereocenters. The number of hydrogen-bond donors (Lipinski definition) is 0. The maximum absolute atomic E-state index is 6.34. The van der Waals surface area contributed by atoms with Gasteiger partial charge in [0.1, 0.15) is 11.9 Å². The predicted molar refractivity (Wildman–Crippen MR) is 103 cm³/mol. The van der Waals surface area contributed by atoms with Gasteiger partial charge in [0.05, 0.1) is 0 Å². The zero-order chi connectivity index (χ0) is 17.5. The lowest BCUT2D eigenvalue weighted by molar-refractivity contribution is 0.127. The van der Waals surface area contributed by atoms with E-state index < -0.39 is 0 Å². The summed E-state index contributed by atoms with van der Waals surface area (Å²) in [5, 5.41) is 0. The molecule has 2 heteroatoms. The number of benzene rings is 2. The van der Waals surface area contributed by atoms with Gasteiger partial charge in [0.15, 0.2) is 0 Å². The minimum absolute atomic E-state index is 0.0777. The van der Waals surface area contributed by atoms with Crippen LogP contribution < -0.4 is 4.74 Å². The van der Waals surface area contributed by atoms with Crippen LogP contribution in [0.3, 0.4) is 0 Å². The molecule has 0 bridgehead atoms. The van der Waals surface area contributed by atoms with Gasteiger partial charge in [-0.3, -0.25) is 4.90 Å². The van der Waals surface area contributed by atoms with Crippen LogP contribution in [0.2, 0.25) is 0 Å². The summed E-state index contributed by atoms with van der Waals surface area (Å²) in [5.41, 5.74) is 2.50. The summed E-state index contributed by atoms with van der Waals surface area (Å²) in [6, 6.07) is 20.0. The first-order valence-corrected chi connectivity index (χ1v) is 9.01. The van der Waals surface area contributed by atoms with Crippen LogP contribution in [0.1, 0.15) is 51.3 Å². The van der Waals surface area contributed by atoms with Crippen molar-refractivity contribution in [3.63, 3.8) is 0 Å². The third kappa shape index (κ3) is 5.38. The summed E-state index contributed by atoms with van der Waals surface area (Å²) in [7, 11) is 0. The van der Waals surface area contributed by atoms with Crippen LogP contribution in [-0.2, 0) is 0 Å². The van der Waals surface area contributed by atoms with Gasteiger partial charge < -0.3 is 4.74 Å². The van der Waals surface area contributed by atoms with E-state index in [1.54, 1.807) is 0 Å². The lowest BCUT2D eigenvalue weighted by Gasteiger charge is -2.32. The van der Waals surface area contributed by atoms with Crippen LogP contribution in [0.15, 0.2) is 54.6 Å². The van der Waals surface area contributed by atoms with Gasteiger partial charge >= 0.3 is 0 Å². The van der Waals surface area contributed by atoms with E-state index in [9.17, 15) is 0 Å². The Morgan fingerprint density at radius 2 is 1.42 bits per heavy atom. The zero-order valence-electron chi connectivity index (χ0n) is 15.7. The van der Waals surface area contributed by atoms with Gasteiger partial charge in [0, 0.05) is 25.0 Å². The van der Waals surface area contributed by atoms with Gasteiger partial charge in [0.2, 0.25) is 0 Å². The molecule has 0 saturated heterocycles. The van der Waals surface area contributed by atoms with E-state index in [4.69, 9.17) is 4.74 Å². The predicted octanol–water partition coefficient (Wildman–Crippen LogP) is 5.62. The number of ether oxygens (including phenoxy) is 1. The first-order valence-electron chi connectivity index (χ1n) is 9.01. The fourth-order valence-electron chi connectivity index (χ4n) is 3.12. The minimum Gasteiger partial charge on any atom is -0.486 e. The quantitative estimate of drug-likeness (QED) is 0.624. The van der Waals surface area contributed by atoms with E-state index in [2.05, 4.69) is 94.1 Å². The van der Waals surface area contributed by atoms with Gasteiger partial charge in [-0.05, 0) is 52.3 Å². The Balaban J connectivity index is 2.12. The fraction of sp³-hybridized carbons (Fsp3) is 0.455. The van der Waals surface area contributed by atoms with Gasteiger partial charge in [-0.15, -0.1) is 0 Å². The zero-order valence-corrected chi connectivity index (χ0v) is 15.7. The highest BCUT2D eigenvalue weighted by Gasteiger charge is 2.18. The minimum atomic E-state index is 0.0777. The molecule has 0 amide bonds. The highest BCUT2D eigenvalue weighted by Crippen LogP contribution is 2.26. The lowest BCUT2D eigenvalue weighted by atomic mass is 10.0. The molecule has 24 heavy (non-hydrogen) atoms. The molecule has 1 atom stereocenters. The van der Waals surface area contributed by atoms with Crippen molar-refractivity contribution in [3.05, 3.63) is 65.7 Å². The third-order valence-corrected chi connectivity index (χ3v) is 4.45. The number of rotatable bonds is 8. The second-order valence-electron chi connectivity index (χ2n) is 7.04. The molecule has 130 valence electrons. The summed E-state index contributed by atoms with van der Waals surface area (Å²) in [6.07, 6.45) is 1.06. The van der Waals surface area contributed by atoms with Crippen molar-refractivity contribution >= 4 is 0 Å². The van der Waals surface area contributed by atoms with Crippen molar-refractivity contribution in [2.75, 3.05) is 6.54 Å². The molecule has 0 saturated carbocycles. The third-order valence-electron chi connectivity index (χ3n) is 4.45. The average molecular weight is 325 g/mol. The normalized spacial score (nSPS) is 12.8. The largest absolute Gasteiger partial charge is 0.486 e. The molecule has 0 aliphatic rings. The van der Waals surface area contributed by atoms with Crippen molar-refractivity contribution in [3.8, 4) is 5.75 Å². The molecule has 0 N–H and O–H groups in total. The van der Waals surface area contributed by atoms with Crippen LogP contribution >= 0.6 is 0 Å². The van der Waals surface area contributed by atoms with Gasteiger partial charge in [-0.25, -0.2) is 0 Å². The van der Waals surface area contributed by atoms with Gasteiger partial charge in [0.25, 0.3) is 0 Å². The number of nitrogens with zero attached hydrogens (tertiary/aromatic N) is 1. The Bertz CT molecular complexity index is 581. The molecular formula is C22H31NO. The summed E-state index contributed by atoms with van der Waals surface area (Å²) in [6.45, 7) is 12.2. The first-order chi connectivity index (χ1) is 11.5. The summed E-state index contributed by atoms with van der Waals surface area (Å²) < 4.78 is 6.34. The molecule has 2 aromatic carbocycles. The van der Waals surface area contributed by atoms with E-state index in [1.165, 1.54) is 11.1 Å². The first kappa shape index (κ1) is 18.5. The number of aryl methyl sites for hydroxylation is 1. The highest BCUT2D eigenvalue weighted by molar-refractivity contribution is 5.28. The van der Waals surface area contributed by atoms with Crippen molar-refractivity contribution in [2.24, 2.45) is 0 Å². The van der Waals surface area contributed by atoms with Gasteiger partial charge in [-0.1, -0.05) is 48.0 Å². The van der Waals surface area contributed by atoms with Crippen LogP contribution in [-0.4, -0.2) is 23.5 Å². The average Bonchev–Trinajstić information content (AvgIpc) is 2.56. The second-order valence-corrected chi connectivity index (χ2v) is 7.04. The maximum Gasteiger partial charge on any atom is 0.125 e. The Morgan fingerprint density at radius 3 is 1.96 bits per heavy atom. The Hall–Kier alpha value is -1.80. The maximum atomic E-state index is 6.34. The van der Waals surface area contributed by atoms with Crippen LogP contribution in [0.4, 0.5) is 0 Å². The van der Waals surface area contributed by atoms with Crippen molar-refractivity contribution in [2.45, 2.75) is 59.2 Å². The number of hydrogen-bond acceptors (Lipinski definition) is 2. The molecule has 0 fully saturated rings. The fourth-order valence-corrected chi connectivity index (χ4v) is 3.12. The summed E-state index contributed by atoms with van der Waals surface area (Å²) in [4.78, 5) is 2.52. The topological polar surface area (TPSA) is 12.5 Å². The Kier molecular flexibility index (Phi) is 6.86. The Labute approximate surface area is 147 Å². The second kappa shape index (κ2) is 8.89. The van der Waals surface area contributed by atoms with Crippen LogP contribution in [0.25, 0.3) is 0 Å². The van der Waals surface area contributed by atoms with Crippen molar-refractivity contribution < 1.29 is 4.74 Å². The van der Waals surface area contributed by atoms with E-state index in [1.807, 2.05) is 0 Å². The van der Waals surface area contributed by atoms with E-state index in [0.29, 0.717) is 12.1 Å². The summed E-state index contributed by atoms with van der Waals surface area (Å²) in [5.74, 6) is 0.940. The molecule has 2 rings (SSSR count). The molecule has 0 spiro atoms. The van der Waals surface area contributed by atoms with Crippen LogP contribution in [0.5, 0.6) is 5.75 Å². The molecule has 0 heterocycles. The van der Waals surface area contributed by atoms with Crippen molar-refractivity contribution in [1.29, 1.82) is 0 Å². The SMILES string of the molecule is Cc1ccc(OC(CCN(C(C)C)C(C)C)c2ccccc2)cc1.